The van der Waals surface area contributed by atoms with Crippen molar-refractivity contribution in [2.75, 3.05) is 13.1 Å². The van der Waals surface area contributed by atoms with E-state index in [-0.39, 0.29) is 0 Å². The summed E-state index contributed by atoms with van der Waals surface area (Å²) in [6.07, 6.45) is 0. The summed E-state index contributed by atoms with van der Waals surface area (Å²) >= 11 is 0. The summed E-state index contributed by atoms with van der Waals surface area (Å²) in [4.78, 5) is 8.01. The van der Waals surface area contributed by atoms with Crippen LogP contribution in [0.1, 0.15) is 31.2 Å². The molecule has 1 atom stereocenters. The average molecular weight is 217 g/mol. The van der Waals surface area contributed by atoms with Crippen LogP contribution in [0.25, 0.3) is 11.0 Å². The van der Waals surface area contributed by atoms with Crippen molar-refractivity contribution < 1.29 is 0 Å². The minimum atomic E-state index is 0.424. The highest BCUT2D eigenvalue weighted by Crippen LogP contribution is 2.17. The number of likely N-dealkylation sites (N-methyl/N-ethyl adjacent to an activating group) is 1. The Balaban J connectivity index is 2.25. The zero-order valence-electron chi connectivity index (χ0n) is 10.2. The maximum atomic E-state index is 4.61. The van der Waals surface area contributed by atoms with Gasteiger partial charge in [0.05, 0.1) is 11.0 Å². The van der Waals surface area contributed by atoms with Crippen molar-refractivity contribution in [1.82, 2.24) is 15.3 Å². The number of fused-ring (bicyclic) bond motifs is 1. The van der Waals surface area contributed by atoms with Crippen molar-refractivity contribution in [2.45, 2.75) is 26.7 Å². The third kappa shape index (κ3) is 2.25. The number of nitrogens with zero attached hydrogens (tertiary/aromatic N) is 1. The number of benzene rings is 1. The topological polar surface area (TPSA) is 40.7 Å². The Kier molecular flexibility index (Phi) is 3.25. The van der Waals surface area contributed by atoms with Gasteiger partial charge in [-0.25, -0.2) is 4.98 Å². The fourth-order valence-corrected chi connectivity index (χ4v) is 1.83. The van der Waals surface area contributed by atoms with E-state index in [0.29, 0.717) is 5.92 Å². The number of hydrogen-bond acceptors (Lipinski definition) is 2. The Morgan fingerprint density at radius 1 is 1.44 bits per heavy atom. The van der Waals surface area contributed by atoms with Crippen LogP contribution in [0.4, 0.5) is 0 Å². The molecule has 0 saturated carbocycles. The summed E-state index contributed by atoms with van der Waals surface area (Å²) in [6.45, 7) is 8.38. The molecule has 0 aliphatic rings. The summed E-state index contributed by atoms with van der Waals surface area (Å²) in [5, 5.41) is 3.34. The zero-order chi connectivity index (χ0) is 11.5. The van der Waals surface area contributed by atoms with Crippen LogP contribution in [0.5, 0.6) is 0 Å². The molecule has 0 fully saturated rings. The molecule has 2 rings (SSSR count). The van der Waals surface area contributed by atoms with Gasteiger partial charge in [-0.3, -0.25) is 0 Å². The van der Waals surface area contributed by atoms with Gasteiger partial charge in [0, 0.05) is 12.5 Å². The Morgan fingerprint density at radius 2 is 2.25 bits per heavy atom. The largest absolute Gasteiger partial charge is 0.342 e. The van der Waals surface area contributed by atoms with E-state index >= 15 is 0 Å². The number of hydrogen-bond donors (Lipinski definition) is 2. The smallest absolute Gasteiger partial charge is 0.111 e. The van der Waals surface area contributed by atoms with Crippen LogP contribution < -0.4 is 5.32 Å². The molecule has 1 aromatic heterocycles. The summed E-state index contributed by atoms with van der Waals surface area (Å²) < 4.78 is 0. The van der Waals surface area contributed by atoms with Crippen LogP contribution in [0.15, 0.2) is 18.2 Å². The molecule has 1 heterocycles. The molecule has 0 amide bonds. The first kappa shape index (κ1) is 11.1. The molecule has 0 bridgehead atoms. The Bertz CT molecular complexity index is 473. The number of imidazole rings is 1. The van der Waals surface area contributed by atoms with Crippen molar-refractivity contribution >= 4 is 11.0 Å². The van der Waals surface area contributed by atoms with Gasteiger partial charge in [-0.15, -0.1) is 0 Å². The van der Waals surface area contributed by atoms with E-state index in [1.165, 1.54) is 5.56 Å². The molecule has 0 spiro atoms. The molecule has 86 valence electrons. The molecule has 0 radical (unpaired) electrons. The first-order valence-electron chi connectivity index (χ1n) is 5.87. The van der Waals surface area contributed by atoms with Crippen LogP contribution >= 0.6 is 0 Å². The second-order valence-electron chi connectivity index (χ2n) is 4.35. The van der Waals surface area contributed by atoms with Crippen molar-refractivity contribution in [3.05, 3.63) is 29.6 Å². The highest BCUT2D eigenvalue weighted by atomic mass is 14.9. The van der Waals surface area contributed by atoms with E-state index in [4.69, 9.17) is 0 Å². The van der Waals surface area contributed by atoms with Crippen LogP contribution in [0.2, 0.25) is 0 Å². The second-order valence-corrected chi connectivity index (χ2v) is 4.35. The molecule has 16 heavy (non-hydrogen) atoms. The molecule has 0 aliphatic carbocycles. The molecule has 0 saturated heterocycles. The number of aromatic nitrogens is 2. The lowest BCUT2D eigenvalue weighted by Gasteiger charge is -2.07. The van der Waals surface area contributed by atoms with E-state index in [1.54, 1.807) is 0 Å². The third-order valence-electron chi connectivity index (χ3n) is 2.82. The SMILES string of the molecule is CCNCC(C)c1nc2ccc(C)cc2[nH]1. The fourth-order valence-electron chi connectivity index (χ4n) is 1.83. The van der Waals surface area contributed by atoms with E-state index < -0.39 is 0 Å². The van der Waals surface area contributed by atoms with E-state index in [2.05, 4.69) is 54.3 Å². The van der Waals surface area contributed by atoms with Crippen LogP contribution in [-0.4, -0.2) is 23.1 Å². The fraction of sp³-hybridized carbons (Fsp3) is 0.462. The van der Waals surface area contributed by atoms with Crippen molar-refractivity contribution in [3.63, 3.8) is 0 Å². The standard InChI is InChI=1S/C13H19N3/c1-4-14-8-10(3)13-15-11-6-5-9(2)7-12(11)16-13/h5-7,10,14H,4,8H2,1-3H3,(H,15,16). The van der Waals surface area contributed by atoms with E-state index in [0.717, 1.165) is 29.9 Å². The molecule has 1 unspecified atom stereocenters. The van der Waals surface area contributed by atoms with Crippen LogP contribution in [0.3, 0.4) is 0 Å². The number of aromatic amines is 1. The van der Waals surface area contributed by atoms with Gasteiger partial charge in [-0.1, -0.05) is 19.9 Å². The first-order valence-corrected chi connectivity index (χ1v) is 5.87. The first-order chi connectivity index (χ1) is 7.70. The van der Waals surface area contributed by atoms with Gasteiger partial charge in [0.15, 0.2) is 0 Å². The molecular weight excluding hydrogens is 198 g/mol. The molecular formula is C13H19N3. The number of nitrogens with one attached hydrogen (secondary N) is 2. The quantitative estimate of drug-likeness (QED) is 0.826. The maximum Gasteiger partial charge on any atom is 0.111 e. The highest BCUT2D eigenvalue weighted by Gasteiger charge is 2.09. The van der Waals surface area contributed by atoms with Gasteiger partial charge < -0.3 is 10.3 Å². The average Bonchev–Trinajstić information content (AvgIpc) is 2.68. The predicted molar refractivity (Wildman–Crippen MR) is 67.8 cm³/mol. The van der Waals surface area contributed by atoms with Gasteiger partial charge in [0.25, 0.3) is 0 Å². The van der Waals surface area contributed by atoms with Gasteiger partial charge in [0.1, 0.15) is 5.82 Å². The number of H-pyrrole nitrogens is 1. The molecule has 3 nitrogen and oxygen atoms in total. The van der Waals surface area contributed by atoms with Gasteiger partial charge in [-0.2, -0.15) is 0 Å². The molecule has 2 aromatic rings. The Morgan fingerprint density at radius 3 is 3.00 bits per heavy atom. The third-order valence-corrected chi connectivity index (χ3v) is 2.82. The monoisotopic (exact) mass is 217 g/mol. The predicted octanol–water partition coefficient (Wildman–Crippen LogP) is 2.58. The summed E-state index contributed by atoms with van der Waals surface area (Å²) in [5.74, 6) is 1.49. The van der Waals surface area contributed by atoms with Gasteiger partial charge in [0.2, 0.25) is 0 Å². The number of rotatable bonds is 4. The van der Waals surface area contributed by atoms with Crippen LogP contribution in [0, 0.1) is 6.92 Å². The lowest BCUT2D eigenvalue weighted by molar-refractivity contribution is 0.614. The molecule has 1 aromatic carbocycles. The van der Waals surface area contributed by atoms with Gasteiger partial charge in [-0.05, 0) is 31.2 Å². The normalized spacial score (nSPS) is 13.2. The van der Waals surface area contributed by atoms with Gasteiger partial charge >= 0.3 is 0 Å². The summed E-state index contributed by atoms with van der Waals surface area (Å²) in [7, 11) is 0. The Hall–Kier alpha value is -1.35. The Labute approximate surface area is 96.3 Å². The van der Waals surface area contributed by atoms with E-state index in [1.807, 2.05) is 0 Å². The highest BCUT2D eigenvalue weighted by molar-refractivity contribution is 5.75. The summed E-state index contributed by atoms with van der Waals surface area (Å²) in [6, 6.07) is 6.32. The molecule has 3 heteroatoms. The van der Waals surface area contributed by atoms with Crippen molar-refractivity contribution in [3.8, 4) is 0 Å². The minimum Gasteiger partial charge on any atom is -0.342 e. The minimum absolute atomic E-state index is 0.424. The number of aryl methyl sites for hydroxylation is 1. The lowest BCUT2D eigenvalue weighted by Crippen LogP contribution is -2.19. The maximum absolute atomic E-state index is 4.61. The van der Waals surface area contributed by atoms with Crippen molar-refractivity contribution in [2.24, 2.45) is 0 Å². The molecule has 0 aliphatic heterocycles. The molecule has 2 N–H and O–H groups in total. The van der Waals surface area contributed by atoms with Crippen LogP contribution in [-0.2, 0) is 0 Å². The second kappa shape index (κ2) is 4.66. The zero-order valence-corrected chi connectivity index (χ0v) is 10.2. The van der Waals surface area contributed by atoms with Crippen molar-refractivity contribution in [1.29, 1.82) is 0 Å². The van der Waals surface area contributed by atoms with E-state index in [9.17, 15) is 0 Å². The lowest BCUT2D eigenvalue weighted by atomic mass is 10.2. The summed E-state index contributed by atoms with van der Waals surface area (Å²) in [5.41, 5.74) is 3.46.